The summed E-state index contributed by atoms with van der Waals surface area (Å²) < 4.78 is 32.5. The highest BCUT2D eigenvalue weighted by Gasteiger charge is 2.46. The zero-order chi connectivity index (χ0) is 29.9. The zero-order valence-corrected chi connectivity index (χ0v) is 24.1. The van der Waals surface area contributed by atoms with Crippen LogP contribution < -0.4 is 10.5 Å². The molecule has 43 heavy (non-hydrogen) atoms. The van der Waals surface area contributed by atoms with Crippen LogP contribution in [0.15, 0.2) is 48.1 Å². The van der Waals surface area contributed by atoms with Gasteiger partial charge in [-0.25, -0.2) is 28.4 Å². The Balaban J connectivity index is 1.26. The molecule has 3 N–H and O–H groups in total. The highest BCUT2D eigenvalue weighted by molar-refractivity contribution is 7.91. The van der Waals surface area contributed by atoms with E-state index in [1.165, 1.54) is 18.0 Å². The summed E-state index contributed by atoms with van der Waals surface area (Å²) in [5.41, 5.74) is 10.1. The quantitative estimate of drug-likeness (QED) is 0.287. The average molecular weight is 602 g/mol. The predicted molar refractivity (Wildman–Crippen MR) is 153 cm³/mol. The second kappa shape index (κ2) is 10.1. The molecule has 7 rings (SSSR count). The van der Waals surface area contributed by atoms with Crippen molar-refractivity contribution in [3.05, 3.63) is 54.8 Å². The third-order valence-corrected chi connectivity index (χ3v) is 9.35. The van der Waals surface area contributed by atoms with Crippen molar-refractivity contribution in [2.75, 3.05) is 19.1 Å². The maximum Gasteiger partial charge on any atom is 0.316 e. The van der Waals surface area contributed by atoms with Crippen LogP contribution in [0.5, 0.6) is 6.01 Å². The molecule has 0 saturated carbocycles. The van der Waals surface area contributed by atoms with Crippen LogP contribution in [0.4, 0.5) is 5.82 Å². The van der Waals surface area contributed by atoms with E-state index in [0.29, 0.717) is 35.4 Å². The number of nitrogen functional groups attached to an aromatic ring is 1. The molecule has 16 heteroatoms. The maximum absolute atomic E-state index is 13.2. The number of sulfone groups is 1. The van der Waals surface area contributed by atoms with Crippen molar-refractivity contribution in [1.82, 2.24) is 49.6 Å². The third-order valence-electron chi connectivity index (χ3n) is 8.19. The first-order valence-corrected chi connectivity index (χ1v) is 15.5. The molecular formula is C27H27N11O4S. The van der Waals surface area contributed by atoms with E-state index in [2.05, 4.69) is 35.2 Å². The number of aromatic nitrogens is 9. The second-order valence-electron chi connectivity index (χ2n) is 10.8. The summed E-state index contributed by atoms with van der Waals surface area (Å²) in [6, 6.07) is 3.80. The molecule has 7 heterocycles. The number of hydrogen-bond donors (Lipinski definition) is 2. The van der Waals surface area contributed by atoms with Gasteiger partial charge in [-0.15, -0.1) is 0 Å². The molecule has 0 aliphatic carbocycles. The standard InChI is InChI=1S/C27H27N11O4S/c1-42-27-30-10-16(11-31-27)20-6-3-14(9-29-20)19-12-34-38-23(28)22(43(2,40)41)21(35-25(19)38)15-7-17-4-5-18(8-15)37(17)26(39)24-32-13-33-36-24/h3,6,9-13,15,17-18H,4-5,7-8,28H2,1-2H3,(H,32,33,36)/t17-,18-/m1/s1. The molecule has 1 amide bonds. The van der Waals surface area contributed by atoms with Gasteiger partial charge in [-0.05, 0) is 31.7 Å². The van der Waals surface area contributed by atoms with E-state index in [9.17, 15) is 13.2 Å². The van der Waals surface area contributed by atoms with Gasteiger partial charge in [0.05, 0.1) is 24.7 Å². The number of nitrogens with one attached hydrogen (secondary N) is 1. The van der Waals surface area contributed by atoms with Gasteiger partial charge in [0.1, 0.15) is 17.0 Å². The number of fused-ring (bicyclic) bond motifs is 3. The van der Waals surface area contributed by atoms with Gasteiger partial charge in [-0.1, -0.05) is 6.07 Å². The van der Waals surface area contributed by atoms with Crippen molar-refractivity contribution in [2.45, 2.75) is 48.6 Å². The largest absolute Gasteiger partial charge is 0.467 e. The smallest absolute Gasteiger partial charge is 0.316 e. The van der Waals surface area contributed by atoms with Gasteiger partial charge in [-0.3, -0.25) is 14.9 Å². The number of ether oxygens (including phenoxy) is 1. The van der Waals surface area contributed by atoms with E-state index >= 15 is 0 Å². The van der Waals surface area contributed by atoms with E-state index < -0.39 is 9.84 Å². The van der Waals surface area contributed by atoms with Gasteiger partial charge in [0, 0.05) is 59.5 Å². The van der Waals surface area contributed by atoms with Crippen LogP contribution in [0.3, 0.4) is 0 Å². The fourth-order valence-corrected chi connectivity index (χ4v) is 7.38. The van der Waals surface area contributed by atoms with E-state index in [-0.39, 0.29) is 46.5 Å². The summed E-state index contributed by atoms with van der Waals surface area (Å²) in [6.45, 7) is 0. The average Bonchev–Trinajstić information content (AvgIpc) is 3.75. The summed E-state index contributed by atoms with van der Waals surface area (Å²) in [4.78, 5) is 36.8. The first-order valence-electron chi connectivity index (χ1n) is 13.6. The number of hydrogen-bond acceptors (Lipinski definition) is 12. The molecule has 0 aromatic carbocycles. The highest BCUT2D eigenvalue weighted by atomic mass is 32.2. The van der Waals surface area contributed by atoms with E-state index in [1.54, 1.807) is 24.8 Å². The third kappa shape index (κ3) is 4.54. The number of nitrogens with zero attached hydrogens (tertiary/aromatic N) is 9. The number of anilines is 1. The van der Waals surface area contributed by atoms with Crippen LogP contribution in [-0.2, 0) is 9.84 Å². The normalized spacial score (nSPS) is 20.0. The number of methoxy groups -OCH3 is 1. The lowest BCUT2D eigenvalue weighted by molar-refractivity contribution is 0.0556. The number of rotatable bonds is 6. The van der Waals surface area contributed by atoms with E-state index in [1.807, 2.05) is 17.0 Å². The number of aromatic amines is 1. The fourth-order valence-electron chi connectivity index (χ4n) is 6.32. The monoisotopic (exact) mass is 601 g/mol. The predicted octanol–water partition coefficient (Wildman–Crippen LogP) is 1.91. The number of amides is 1. The zero-order valence-electron chi connectivity index (χ0n) is 23.2. The molecule has 5 aromatic heterocycles. The molecule has 220 valence electrons. The van der Waals surface area contributed by atoms with Crippen molar-refractivity contribution < 1.29 is 17.9 Å². The molecule has 2 saturated heterocycles. The van der Waals surface area contributed by atoms with Gasteiger partial charge < -0.3 is 15.4 Å². The number of nitrogens with two attached hydrogens (primary N) is 1. The van der Waals surface area contributed by atoms with Gasteiger partial charge in [0.2, 0.25) is 5.82 Å². The molecular weight excluding hydrogens is 574 g/mol. The summed E-state index contributed by atoms with van der Waals surface area (Å²) in [7, 11) is -2.27. The lowest BCUT2D eigenvalue weighted by atomic mass is 9.87. The van der Waals surface area contributed by atoms with Gasteiger partial charge in [0.15, 0.2) is 15.5 Å². The SMILES string of the molecule is COc1ncc(-c2ccc(-c3cnn4c(N)c(S(C)(=O)=O)c(C5C[C@H]6CC[C@H](C5)N6C(=O)c5ncn[nH]5)nc34)cn2)cn1. The molecule has 2 bridgehead atoms. The van der Waals surface area contributed by atoms with Gasteiger partial charge in [-0.2, -0.15) is 14.7 Å². The maximum atomic E-state index is 13.2. The molecule has 2 fully saturated rings. The molecule has 5 aromatic rings. The number of H-pyrrole nitrogens is 1. The Hall–Kier alpha value is -4.99. The number of carbonyl (C=O) groups excluding carboxylic acids is 1. The van der Waals surface area contributed by atoms with Crippen LogP contribution in [0.25, 0.3) is 28.0 Å². The Morgan fingerprint density at radius 1 is 1.02 bits per heavy atom. The number of piperidine rings is 1. The molecule has 0 spiro atoms. The first-order chi connectivity index (χ1) is 20.7. The van der Waals surface area contributed by atoms with Crippen molar-refractivity contribution >= 4 is 27.2 Å². The Labute approximate surface area is 245 Å². The minimum atomic E-state index is -3.77. The van der Waals surface area contributed by atoms with Crippen LogP contribution in [0, 0.1) is 0 Å². The van der Waals surface area contributed by atoms with Crippen molar-refractivity contribution in [3.8, 4) is 28.4 Å². The Morgan fingerprint density at radius 2 is 1.74 bits per heavy atom. The van der Waals surface area contributed by atoms with Gasteiger partial charge >= 0.3 is 6.01 Å². The summed E-state index contributed by atoms with van der Waals surface area (Å²) in [5.74, 6) is -0.239. The number of pyridine rings is 1. The number of carbonyl (C=O) groups is 1. The highest BCUT2D eigenvalue weighted by Crippen LogP contribution is 2.45. The lowest BCUT2D eigenvalue weighted by Crippen LogP contribution is -2.46. The molecule has 0 unspecified atom stereocenters. The van der Waals surface area contributed by atoms with E-state index in [4.69, 9.17) is 15.5 Å². The molecule has 2 aliphatic rings. The Morgan fingerprint density at radius 3 is 2.35 bits per heavy atom. The summed E-state index contributed by atoms with van der Waals surface area (Å²) >= 11 is 0. The Bertz CT molecular complexity index is 1930. The minimum absolute atomic E-state index is 0.00113. The fraction of sp³-hybridized carbons (Fsp3) is 0.333. The van der Waals surface area contributed by atoms with Crippen LogP contribution >= 0.6 is 0 Å². The van der Waals surface area contributed by atoms with Crippen molar-refractivity contribution in [2.24, 2.45) is 0 Å². The second-order valence-corrected chi connectivity index (χ2v) is 12.7. The summed E-state index contributed by atoms with van der Waals surface area (Å²) in [5, 5.41) is 10.9. The summed E-state index contributed by atoms with van der Waals surface area (Å²) in [6.07, 6.45) is 11.7. The van der Waals surface area contributed by atoms with Crippen molar-refractivity contribution in [1.29, 1.82) is 0 Å². The van der Waals surface area contributed by atoms with E-state index in [0.717, 1.165) is 30.2 Å². The van der Waals surface area contributed by atoms with Crippen LogP contribution in [0.1, 0.15) is 47.9 Å². The lowest BCUT2D eigenvalue weighted by Gasteiger charge is -2.38. The first kappa shape index (κ1) is 26.9. The van der Waals surface area contributed by atoms with Crippen LogP contribution in [0.2, 0.25) is 0 Å². The molecule has 2 aliphatic heterocycles. The Kier molecular flexibility index (Phi) is 6.30. The van der Waals surface area contributed by atoms with Gasteiger partial charge in [0.25, 0.3) is 5.91 Å². The van der Waals surface area contributed by atoms with Crippen molar-refractivity contribution in [3.63, 3.8) is 0 Å². The molecule has 15 nitrogen and oxygen atoms in total. The van der Waals surface area contributed by atoms with Crippen LogP contribution in [-0.4, -0.2) is 89.4 Å². The molecule has 0 radical (unpaired) electrons. The molecule has 2 atom stereocenters. The minimum Gasteiger partial charge on any atom is -0.467 e. The topological polar surface area (TPSA) is 200 Å².